The minimum atomic E-state index is -1.24. The Hall–Kier alpha value is -2.04. The number of amides is 2. The van der Waals surface area contributed by atoms with Gasteiger partial charge in [0.15, 0.2) is 0 Å². The Balaban J connectivity index is 1.83. The Bertz CT molecular complexity index is 865. The van der Waals surface area contributed by atoms with Gasteiger partial charge in [0.2, 0.25) is 11.8 Å². The van der Waals surface area contributed by atoms with Crippen molar-refractivity contribution in [2.75, 3.05) is 16.8 Å². The highest BCUT2D eigenvalue weighted by Crippen LogP contribution is 2.33. The Morgan fingerprint density at radius 3 is 2.58 bits per heavy atom. The lowest BCUT2D eigenvalue weighted by molar-refractivity contribution is -0.136. The first kappa shape index (κ1) is 18.7. The van der Waals surface area contributed by atoms with Gasteiger partial charge in [0.25, 0.3) is 0 Å². The van der Waals surface area contributed by atoms with Crippen LogP contribution >= 0.6 is 23.2 Å². The van der Waals surface area contributed by atoms with E-state index in [1.54, 1.807) is 36.9 Å². The molecule has 1 aliphatic heterocycles. The van der Waals surface area contributed by atoms with E-state index in [9.17, 15) is 9.59 Å². The molecular formula is C20H20Cl2N2O2. The highest BCUT2D eigenvalue weighted by molar-refractivity contribution is 6.36. The van der Waals surface area contributed by atoms with Crippen molar-refractivity contribution in [3.05, 3.63) is 58.1 Å². The van der Waals surface area contributed by atoms with Gasteiger partial charge in [-0.3, -0.25) is 9.59 Å². The van der Waals surface area contributed by atoms with Gasteiger partial charge in [-0.05, 0) is 56.5 Å². The van der Waals surface area contributed by atoms with E-state index in [1.165, 1.54) is 0 Å². The summed E-state index contributed by atoms with van der Waals surface area (Å²) in [5, 5.41) is 3.56. The third kappa shape index (κ3) is 3.57. The maximum Gasteiger partial charge on any atom is 0.242 e. The highest BCUT2D eigenvalue weighted by Gasteiger charge is 2.41. The van der Waals surface area contributed by atoms with Crippen LogP contribution in [-0.4, -0.2) is 18.4 Å². The van der Waals surface area contributed by atoms with Gasteiger partial charge >= 0.3 is 0 Å². The maximum absolute atomic E-state index is 13.2. The molecule has 26 heavy (non-hydrogen) atoms. The van der Waals surface area contributed by atoms with E-state index in [-0.39, 0.29) is 5.91 Å². The zero-order valence-corrected chi connectivity index (χ0v) is 16.2. The van der Waals surface area contributed by atoms with Crippen LogP contribution in [0.4, 0.5) is 11.4 Å². The van der Waals surface area contributed by atoms with E-state index in [0.717, 1.165) is 24.1 Å². The summed E-state index contributed by atoms with van der Waals surface area (Å²) in [7, 11) is 0. The average Bonchev–Trinajstić information content (AvgIpc) is 2.62. The van der Waals surface area contributed by atoms with Crippen molar-refractivity contribution < 1.29 is 9.59 Å². The standard InChI is InChI=1S/C20H20Cl2N2O2/c1-20(2,18(25)23-16-10-9-14(21)12-15(16)22)19(26)24-11-5-7-13-6-3-4-8-17(13)24/h3-4,6,8-10,12H,5,7,11H2,1-2H3,(H,23,25). The molecular weight excluding hydrogens is 371 g/mol. The number of para-hydroxylation sites is 1. The largest absolute Gasteiger partial charge is 0.324 e. The van der Waals surface area contributed by atoms with Crippen LogP contribution in [0.1, 0.15) is 25.8 Å². The van der Waals surface area contributed by atoms with Crippen LogP contribution in [0.3, 0.4) is 0 Å². The number of carbonyl (C=O) groups is 2. The summed E-state index contributed by atoms with van der Waals surface area (Å²) in [5.74, 6) is -0.637. The first-order valence-corrected chi connectivity index (χ1v) is 9.22. The first-order chi connectivity index (χ1) is 12.3. The highest BCUT2D eigenvalue weighted by atomic mass is 35.5. The summed E-state index contributed by atoms with van der Waals surface area (Å²) in [4.78, 5) is 27.7. The lowest BCUT2D eigenvalue weighted by atomic mass is 9.88. The molecule has 0 unspecified atom stereocenters. The molecule has 1 aliphatic rings. The monoisotopic (exact) mass is 390 g/mol. The molecule has 136 valence electrons. The van der Waals surface area contributed by atoms with Crippen LogP contribution in [-0.2, 0) is 16.0 Å². The zero-order chi connectivity index (χ0) is 18.9. The molecule has 6 heteroatoms. The molecule has 2 amide bonds. The number of hydrogen-bond acceptors (Lipinski definition) is 2. The second-order valence-electron chi connectivity index (χ2n) is 6.89. The number of nitrogens with zero attached hydrogens (tertiary/aromatic N) is 1. The van der Waals surface area contributed by atoms with Gasteiger partial charge in [-0.1, -0.05) is 41.4 Å². The molecule has 0 spiro atoms. The second-order valence-corrected chi connectivity index (χ2v) is 7.74. The van der Waals surface area contributed by atoms with Crippen LogP contribution in [0, 0.1) is 5.41 Å². The molecule has 0 radical (unpaired) electrons. The fraction of sp³-hybridized carbons (Fsp3) is 0.300. The number of nitrogens with one attached hydrogen (secondary N) is 1. The fourth-order valence-electron chi connectivity index (χ4n) is 3.05. The summed E-state index contributed by atoms with van der Waals surface area (Å²) in [6.45, 7) is 3.87. The van der Waals surface area contributed by atoms with E-state index >= 15 is 0 Å². The molecule has 0 aromatic heterocycles. The zero-order valence-electron chi connectivity index (χ0n) is 14.7. The van der Waals surface area contributed by atoms with Crippen molar-refractivity contribution in [1.29, 1.82) is 0 Å². The van der Waals surface area contributed by atoms with Gasteiger partial charge in [-0.25, -0.2) is 0 Å². The number of carbonyl (C=O) groups excluding carboxylic acids is 2. The van der Waals surface area contributed by atoms with E-state index in [2.05, 4.69) is 5.32 Å². The molecule has 2 aromatic carbocycles. The summed E-state index contributed by atoms with van der Waals surface area (Å²) in [6.07, 6.45) is 1.82. The van der Waals surface area contributed by atoms with Crippen LogP contribution in [0.5, 0.6) is 0 Å². The Kier molecular flexibility index (Phi) is 5.26. The molecule has 0 atom stereocenters. The molecule has 3 rings (SSSR count). The number of anilines is 2. The van der Waals surface area contributed by atoms with Gasteiger partial charge in [-0.2, -0.15) is 0 Å². The van der Waals surface area contributed by atoms with Crippen LogP contribution in [0.15, 0.2) is 42.5 Å². The van der Waals surface area contributed by atoms with E-state index in [1.807, 2.05) is 24.3 Å². The normalized spacial score (nSPS) is 13.9. The smallest absolute Gasteiger partial charge is 0.242 e. The van der Waals surface area contributed by atoms with Crippen molar-refractivity contribution in [1.82, 2.24) is 0 Å². The molecule has 0 saturated heterocycles. The fourth-order valence-corrected chi connectivity index (χ4v) is 3.50. The molecule has 0 bridgehead atoms. The summed E-state index contributed by atoms with van der Waals surface area (Å²) < 4.78 is 0. The SMILES string of the molecule is CC(C)(C(=O)Nc1ccc(Cl)cc1Cl)C(=O)N1CCCc2ccccc21. The van der Waals surface area contributed by atoms with Gasteiger partial charge in [0.1, 0.15) is 5.41 Å². The van der Waals surface area contributed by atoms with Crippen molar-refractivity contribution >= 4 is 46.4 Å². The predicted molar refractivity (Wildman–Crippen MR) is 106 cm³/mol. The first-order valence-electron chi connectivity index (χ1n) is 8.47. The molecule has 2 aromatic rings. The van der Waals surface area contributed by atoms with Gasteiger partial charge < -0.3 is 10.2 Å². The number of benzene rings is 2. The molecule has 0 aliphatic carbocycles. The van der Waals surface area contributed by atoms with Crippen molar-refractivity contribution in [3.8, 4) is 0 Å². The maximum atomic E-state index is 13.2. The van der Waals surface area contributed by atoms with Crippen LogP contribution in [0.2, 0.25) is 10.0 Å². The van der Waals surface area contributed by atoms with Crippen LogP contribution < -0.4 is 10.2 Å². The Labute approximate surface area is 163 Å². The van der Waals surface area contributed by atoms with Crippen LogP contribution in [0.25, 0.3) is 0 Å². The third-order valence-corrected chi connectivity index (χ3v) is 5.18. The van der Waals surface area contributed by atoms with Gasteiger partial charge in [0, 0.05) is 17.3 Å². The quantitative estimate of drug-likeness (QED) is 0.754. The molecule has 1 heterocycles. The summed E-state index contributed by atoms with van der Waals surface area (Å²) in [5.41, 5.74) is 1.20. The number of aryl methyl sites for hydroxylation is 1. The predicted octanol–water partition coefficient (Wildman–Crippen LogP) is 4.94. The third-order valence-electron chi connectivity index (χ3n) is 4.64. The lowest BCUT2D eigenvalue weighted by Crippen LogP contribution is -2.49. The van der Waals surface area contributed by atoms with Gasteiger partial charge in [0.05, 0.1) is 10.7 Å². The average molecular weight is 391 g/mol. The van der Waals surface area contributed by atoms with Crippen molar-refractivity contribution in [2.45, 2.75) is 26.7 Å². The molecule has 0 fully saturated rings. The topological polar surface area (TPSA) is 49.4 Å². The second kappa shape index (κ2) is 7.29. The number of halogens is 2. The van der Waals surface area contributed by atoms with E-state index in [4.69, 9.17) is 23.2 Å². The van der Waals surface area contributed by atoms with Gasteiger partial charge in [-0.15, -0.1) is 0 Å². The Morgan fingerprint density at radius 2 is 1.85 bits per heavy atom. The number of fused-ring (bicyclic) bond motifs is 1. The molecule has 4 nitrogen and oxygen atoms in total. The number of hydrogen-bond donors (Lipinski definition) is 1. The van der Waals surface area contributed by atoms with Crippen molar-refractivity contribution in [2.24, 2.45) is 5.41 Å². The summed E-state index contributed by atoms with van der Waals surface area (Å²) >= 11 is 12.0. The minimum Gasteiger partial charge on any atom is -0.324 e. The molecule has 0 saturated carbocycles. The summed E-state index contributed by atoms with van der Waals surface area (Å²) in [6, 6.07) is 12.6. The van der Waals surface area contributed by atoms with Crippen molar-refractivity contribution in [3.63, 3.8) is 0 Å². The number of rotatable bonds is 3. The lowest BCUT2D eigenvalue weighted by Gasteiger charge is -2.35. The van der Waals surface area contributed by atoms with E-state index in [0.29, 0.717) is 22.3 Å². The minimum absolute atomic E-state index is 0.229. The molecule has 1 N–H and O–H groups in total. The van der Waals surface area contributed by atoms with E-state index < -0.39 is 11.3 Å². The Morgan fingerprint density at radius 1 is 1.12 bits per heavy atom.